The predicted molar refractivity (Wildman–Crippen MR) is 83.6 cm³/mol. The summed E-state index contributed by atoms with van der Waals surface area (Å²) in [5, 5.41) is 9.56. The molecule has 1 aromatic rings. The SMILES string of the molecule is CCN(CCOc1ccc(Cl)cc1Br)CC(C)C(=O)O. The van der Waals surface area contributed by atoms with Crippen LogP contribution in [0, 0.1) is 5.92 Å². The van der Waals surface area contributed by atoms with Crippen molar-refractivity contribution in [2.75, 3.05) is 26.2 Å². The van der Waals surface area contributed by atoms with E-state index in [-0.39, 0.29) is 5.92 Å². The molecule has 1 aromatic carbocycles. The number of ether oxygens (including phenoxy) is 1. The van der Waals surface area contributed by atoms with Crippen LogP contribution >= 0.6 is 27.5 Å². The molecule has 0 saturated heterocycles. The van der Waals surface area contributed by atoms with Gasteiger partial charge in [0.2, 0.25) is 0 Å². The van der Waals surface area contributed by atoms with Crippen molar-refractivity contribution in [2.24, 2.45) is 5.92 Å². The molecular formula is C14H19BrClNO3. The predicted octanol–water partition coefficient (Wildman–Crippen LogP) is 3.52. The molecule has 0 aliphatic rings. The Morgan fingerprint density at radius 1 is 1.55 bits per heavy atom. The third kappa shape index (κ3) is 5.69. The molecule has 0 aromatic heterocycles. The van der Waals surface area contributed by atoms with Gasteiger partial charge in [0.05, 0.1) is 10.4 Å². The minimum Gasteiger partial charge on any atom is -0.491 e. The fourth-order valence-corrected chi connectivity index (χ4v) is 2.52. The first-order valence-corrected chi connectivity index (χ1v) is 7.64. The Labute approximate surface area is 132 Å². The van der Waals surface area contributed by atoms with Crippen LogP contribution in [-0.2, 0) is 4.79 Å². The van der Waals surface area contributed by atoms with Crippen LogP contribution in [0.1, 0.15) is 13.8 Å². The third-order valence-corrected chi connectivity index (χ3v) is 3.81. The van der Waals surface area contributed by atoms with Gasteiger partial charge in [-0.05, 0) is 40.7 Å². The second-order valence-corrected chi connectivity index (χ2v) is 5.85. The van der Waals surface area contributed by atoms with Crippen LogP contribution in [0.5, 0.6) is 5.75 Å². The standard InChI is InChI=1S/C14H19BrClNO3/c1-3-17(9-10(2)14(18)19)6-7-20-13-5-4-11(16)8-12(13)15/h4-5,8,10H,3,6-7,9H2,1-2H3,(H,18,19). The number of rotatable bonds is 8. The molecule has 4 nitrogen and oxygen atoms in total. The van der Waals surface area contributed by atoms with Crippen molar-refractivity contribution in [2.45, 2.75) is 13.8 Å². The molecule has 1 unspecified atom stereocenters. The molecule has 0 fully saturated rings. The smallest absolute Gasteiger partial charge is 0.307 e. The minimum absolute atomic E-state index is 0.378. The monoisotopic (exact) mass is 363 g/mol. The second kappa shape index (κ2) is 8.49. The summed E-state index contributed by atoms with van der Waals surface area (Å²) in [5.41, 5.74) is 0. The first-order valence-electron chi connectivity index (χ1n) is 6.47. The van der Waals surface area contributed by atoms with Crippen molar-refractivity contribution in [3.05, 3.63) is 27.7 Å². The second-order valence-electron chi connectivity index (χ2n) is 4.56. The number of nitrogens with zero attached hydrogens (tertiary/aromatic N) is 1. The van der Waals surface area contributed by atoms with Crippen LogP contribution in [-0.4, -0.2) is 42.2 Å². The average Bonchev–Trinajstić information content (AvgIpc) is 2.39. The van der Waals surface area contributed by atoms with Crippen LogP contribution in [0.25, 0.3) is 0 Å². The molecular weight excluding hydrogens is 346 g/mol. The molecule has 1 N–H and O–H groups in total. The molecule has 1 atom stereocenters. The zero-order valence-electron chi connectivity index (χ0n) is 11.6. The van der Waals surface area contributed by atoms with E-state index in [4.69, 9.17) is 21.4 Å². The highest BCUT2D eigenvalue weighted by atomic mass is 79.9. The van der Waals surface area contributed by atoms with Crippen LogP contribution < -0.4 is 4.74 Å². The van der Waals surface area contributed by atoms with Gasteiger partial charge in [0.25, 0.3) is 0 Å². The van der Waals surface area contributed by atoms with E-state index in [1.165, 1.54) is 0 Å². The zero-order valence-corrected chi connectivity index (χ0v) is 13.9. The molecule has 112 valence electrons. The number of carboxylic acid groups (broad SMARTS) is 1. The maximum atomic E-state index is 10.8. The molecule has 0 bridgehead atoms. The number of halogens is 2. The van der Waals surface area contributed by atoms with Gasteiger partial charge in [-0.3, -0.25) is 9.69 Å². The molecule has 0 radical (unpaired) electrons. The van der Waals surface area contributed by atoms with E-state index in [0.29, 0.717) is 24.7 Å². The van der Waals surface area contributed by atoms with Gasteiger partial charge in [0, 0.05) is 18.1 Å². The van der Waals surface area contributed by atoms with Gasteiger partial charge in [-0.1, -0.05) is 25.4 Å². The zero-order chi connectivity index (χ0) is 15.1. The molecule has 0 amide bonds. The molecule has 0 heterocycles. The van der Waals surface area contributed by atoms with Gasteiger partial charge < -0.3 is 9.84 Å². The summed E-state index contributed by atoms with van der Waals surface area (Å²) < 4.78 is 6.48. The van der Waals surface area contributed by atoms with Crippen molar-refractivity contribution in [3.63, 3.8) is 0 Å². The van der Waals surface area contributed by atoms with E-state index in [1.54, 1.807) is 19.1 Å². The van der Waals surface area contributed by atoms with E-state index in [0.717, 1.165) is 16.8 Å². The first-order chi connectivity index (χ1) is 9.43. The number of carbonyl (C=O) groups is 1. The fourth-order valence-electron chi connectivity index (χ4n) is 1.72. The Bertz CT molecular complexity index is 456. The van der Waals surface area contributed by atoms with Crippen molar-refractivity contribution in [3.8, 4) is 5.75 Å². The van der Waals surface area contributed by atoms with Crippen molar-refractivity contribution >= 4 is 33.5 Å². The van der Waals surface area contributed by atoms with Crippen LogP contribution in [0.2, 0.25) is 5.02 Å². The Morgan fingerprint density at radius 2 is 2.25 bits per heavy atom. The average molecular weight is 365 g/mol. The largest absolute Gasteiger partial charge is 0.491 e. The highest BCUT2D eigenvalue weighted by Crippen LogP contribution is 2.27. The Hall–Kier alpha value is -0.780. The Morgan fingerprint density at radius 3 is 2.80 bits per heavy atom. The van der Waals surface area contributed by atoms with Gasteiger partial charge in [0.15, 0.2) is 0 Å². The summed E-state index contributed by atoms with van der Waals surface area (Å²) in [6.45, 7) is 6.22. The lowest BCUT2D eigenvalue weighted by Crippen LogP contribution is -2.34. The number of benzene rings is 1. The van der Waals surface area contributed by atoms with Crippen LogP contribution in [0.15, 0.2) is 22.7 Å². The summed E-state index contributed by atoms with van der Waals surface area (Å²) in [6, 6.07) is 5.36. The summed E-state index contributed by atoms with van der Waals surface area (Å²) >= 11 is 9.25. The topological polar surface area (TPSA) is 49.8 Å². The normalized spacial score (nSPS) is 12.4. The third-order valence-electron chi connectivity index (χ3n) is 2.96. The maximum Gasteiger partial charge on any atom is 0.307 e. The number of hydrogen-bond acceptors (Lipinski definition) is 3. The lowest BCUT2D eigenvalue weighted by Gasteiger charge is -2.22. The molecule has 0 saturated carbocycles. The van der Waals surface area contributed by atoms with E-state index in [2.05, 4.69) is 20.8 Å². The number of likely N-dealkylation sites (N-methyl/N-ethyl adjacent to an activating group) is 1. The van der Waals surface area contributed by atoms with Gasteiger partial charge >= 0.3 is 5.97 Å². The minimum atomic E-state index is -0.773. The van der Waals surface area contributed by atoms with E-state index in [1.807, 2.05) is 13.0 Å². The maximum absolute atomic E-state index is 10.8. The Kier molecular flexibility index (Phi) is 7.34. The summed E-state index contributed by atoms with van der Waals surface area (Å²) in [7, 11) is 0. The highest BCUT2D eigenvalue weighted by Gasteiger charge is 2.15. The quantitative estimate of drug-likeness (QED) is 0.767. The van der Waals surface area contributed by atoms with Crippen molar-refractivity contribution in [1.82, 2.24) is 4.90 Å². The lowest BCUT2D eigenvalue weighted by molar-refractivity contribution is -0.141. The number of hydrogen-bond donors (Lipinski definition) is 1. The summed E-state index contributed by atoms with van der Waals surface area (Å²) in [5.74, 6) is -0.418. The molecule has 0 aliphatic carbocycles. The first kappa shape index (κ1) is 17.3. The van der Waals surface area contributed by atoms with Crippen LogP contribution in [0.4, 0.5) is 0 Å². The molecule has 0 aliphatic heterocycles. The Balaban J connectivity index is 2.43. The molecule has 6 heteroatoms. The van der Waals surface area contributed by atoms with Crippen LogP contribution in [0.3, 0.4) is 0 Å². The molecule has 20 heavy (non-hydrogen) atoms. The van der Waals surface area contributed by atoms with Crippen molar-refractivity contribution in [1.29, 1.82) is 0 Å². The van der Waals surface area contributed by atoms with Gasteiger partial charge in [-0.2, -0.15) is 0 Å². The molecule has 0 spiro atoms. The number of aliphatic carboxylic acids is 1. The van der Waals surface area contributed by atoms with Gasteiger partial charge in [0.1, 0.15) is 12.4 Å². The van der Waals surface area contributed by atoms with Gasteiger partial charge in [-0.25, -0.2) is 0 Å². The molecule has 1 rings (SSSR count). The lowest BCUT2D eigenvalue weighted by atomic mass is 10.2. The van der Waals surface area contributed by atoms with E-state index >= 15 is 0 Å². The van der Waals surface area contributed by atoms with Crippen molar-refractivity contribution < 1.29 is 14.6 Å². The fraction of sp³-hybridized carbons (Fsp3) is 0.500. The highest BCUT2D eigenvalue weighted by molar-refractivity contribution is 9.10. The van der Waals surface area contributed by atoms with Gasteiger partial charge in [-0.15, -0.1) is 0 Å². The summed E-state index contributed by atoms with van der Waals surface area (Å²) in [6.07, 6.45) is 0. The van der Waals surface area contributed by atoms with E-state index < -0.39 is 5.97 Å². The number of carboxylic acids is 1. The summed E-state index contributed by atoms with van der Waals surface area (Å²) in [4.78, 5) is 12.9. The van der Waals surface area contributed by atoms with E-state index in [9.17, 15) is 4.79 Å².